The molecule has 0 atom stereocenters. The number of benzene rings is 1. The molecule has 2 rings (SSSR count). The molecule has 1 aromatic carbocycles. The van der Waals surface area contributed by atoms with Crippen LogP contribution >= 0.6 is 0 Å². The van der Waals surface area contributed by atoms with E-state index in [1.807, 2.05) is 12.1 Å². The number of imidazole rings is 1. The van der Waals surface area contributed by atoms with Gasteiger partial charge in [0.2, 0.25) is 0 Å². The van der Waals surface area contributed by atoms with Crippen LogP contribution in [0.2, 0.25) is 0 Å². The number of carbonyl (C=O) groups is 1. The summed E-state index contributed by atoms with van der Waals surface area (Å²) in [4.78, 5) is 18.3. The monoisotopic (exact) mass is 231 g/mol. The minimum atomic E-state index is -0.446. The average molecular weight is 231 g/mol. The second-order valence-electron chi connectivity index (χ2n) is 3.36. The van der Waals surface area contributed by atoms with Crippen LogP contribution in [0.4, 0.5) is 10.5 Å². The number of H-pyrrole nitrogens is 1. The third kappa shape index (κ3) is 2.84. The molecule has 0 spiro atoms. The predicted octanol–water partition coefficient (Wildman–Crippen LogP) is 2.65. The Hall–Kier alpha value is -2.30. The van der Waals surface area contributed by atoms with Gasteiger partial charge in [0.05, 0.1) is 6.61 Å². The van der Waals surface area contributed by atoms with Crippen molar-refractivity contribution in [3.63, 3.8) is 0 Å². The molecule has 0 unspecified atom stereocenters. The highest BCUT2D eigenvalue weighted by molar-refractivity contribution is 5.84. The highest BCUT2D eigenvalue weighted by Crippen LogP contribution is 2.17. The van der Waals surface area contributed by atoms with Crippen molar-refractivity contribution in [1.29, 1.82) is 0 Å². The number of amides is 1. The van der Waals surface area contributed by atoms with Crippen molar-refractivity contribution in [3.05, 3.63) is 36.7 Å². The lowest BCUT2D eigenvalue weighted by Crippen LogP contribution is -2.13. The number of ether oxygens (including phenoxy) is 1. The maximum atomic E-state index is 11.2. The molecular formula is C12H13N3O2. The lowest BCUT2D eigenvalue weighted by atomic mass is 10.2. The molecule has 0 aliphatic carbocycles. The lowest BCUT2D eigenvalue weighted by molar-refractivity contribution is 0.168. The fraction of sp³-hybridized carbons (Fsp3) is 0.167. The Morgan fingerprint density at radius 2 is 2.18 bits per heavy atom. The topological polar surface area (TPSA) is 67.0 Å². The molecule has 2 aromatic rings. The van der Waals surface area contributed by atoms with Gasteiger partial charge in [-0.15, -0.1) is 0 Å². The molecule has 1 amide bonds. The molecule has 17 heavy (non-hydrogen) atoms. The first-order valence-electron chi connectivity index (χ1n) is 5.33. The first-order valence-corrected chi connectivity index (χ1v) is 5.33. The van der Waals surface area contributed by atoms with Gasteiger partial charge in [0.25, 0.3) is 0 Å². The number of aromatic nitrogens is 2. The lowest BCUT2D eigenvalue weighted by Gasteiger charge is -2.05. The molecule has 1 heterocycles. The SMILES string of the molecule is CCOC(=O)Nc1ccc(-c2ncc[nH]2)cc1. The minimum absolute atomic E-state index is 0.357. The number of aromatic amines is 1. The first kappa shape index (κ1) is 11.2. The average Bonchev–Trinajstić information content (AvgIpc) is 2.84. The molecule has 0 aliphatic rings. The van der Waals surface area contributed by atoms with Crippen LogP contribution in [-0.4, -0.2) is 22.7 Å². The van der Waals surface area contributed by atoms with E-state index in [0.29, 0.717) is 12.3 Å². The summed E-state index contributed by atoms with van der Waals surface area (Å²) >= 11 is 0. The predicted molar refractivity (Wildman–Crippen MR) is 64.7 cm³/mol. The van der Waals surface area contributed by atoms with Gasteiger partial charge in [-0.05, 0) is 31.2 Å². The summed E-state index contributed by atoms with van der Waals surface area (Å²) in [5.41, 5.74) is 1.66. The van der Waals surface area contributed by atoms with Crippen molar-refractivity contribution < 1.29 is 9.53 Å². The van der Waals surface area contributed by atoms with Gasteiger partial charge in [0, 0.05) is 23.6 Å². The summed E-state index contributed by atoms with van der Waals surface area (Å²) in [6.07, 6.45) is 3.01. The maximum Gasteiger partial charge on any atom is 0.411 e. The van der Waals surface area contributed by atoms with Gasteiger partial charge < -0.3 is 9.72 Å². The number of hydrogen-bond donors (Lipinski definition) is 2. The number of nitrogens with one attached hydrogen (secondary N) is 2. The first-order chi connectivity index (χ1) is 8.29. The van der Waals surface area contributed by atoms with E-state index >= 15 is 0 Å². The molecule has 5 nitrogen and oxygen atoms in total. The maximum absolute atomic E-state index is 11.2. The molecule has 1 aromatic heterocycles. The van der Waals surface area contributed by atoms with E-state index in [0.717, 1.165) is 11.4 Å². The van der Waals surface area contributed by atoms with E-state index < -0.39 is 6.09 Å². The minimum Gasteiger partial charge on any atom is -0.450 e. The Kier molecular flexibility index (Phi) is 3.40. The van der Waals surface area contributed by atoms with Crippen LogP contribution in [0.5, 0.6) is 0 Å². The molecule has 0 saturated carbocycles. The van der Waals surface area contributed by atoms with E-state index in [-0.39, 0.29) is 0 Å². The van der Waals surface area contributed by atoms with Crippen LogP contribution in [0, 0.1) is 0 Å². The van der Waals surface area contributed by atoms with Gasteiger partial charge in [-0.25, -0.2) is 9.78 Å². The van der Waals surface area contributed by atoms with Crippen molar-refractivity contribution in [2.75, 3.05) is 11.9 Å². The summed E-state index contributed by atoms with van der Waals surface area (Å²) < 4.78 is 4.78. The fourth-order valence-electron chi connectivity index (χ4n) is 1.42. The van der Waals surface area contributed by atoms with Crippen LogP contribution < -0.4 is 5.32 Å². The Labute approximate surface area is 98.8 Å². The third-order valence-corrected chi connectivity index (χ3v) is 2.18. The van der Waals surface area contributed by atoms with E-state index in [4.69, 9.17) is 4.74 Å². The van der Waals surface area contributed by atoms with Crippen LogP contribution in [0.3, 0.4) is 0 Å². The summed E-state index contributed by atoms with van der Waals surface area (Å²) in [7, 11) is 0. The van der Waals surface area contributed by atoms with Crippen molar-refractivity contribution in [3.8, 4) is 11.4 Å². The van der Waals surface area contributed by atoms with Crippen molar-refractivity contribution in [2.45, 2.75) is 6.92 Å². The highest BCUT2D eigenvalue weighted by Gasteiger charge is 2.03. The second kappa shape index (κ2) is 5.16. The Morgan fingerprint density at radius 1 is 1.41 bits per heavy atom. The van der Waals surface area contributed by atoms with Gasteiger partial charge >= 0.3 is 6.09 Å². The Balaban J connectivity index is 2.06. The zero-order chi connectivity index (χ0) is 12.1. The Bertz CT molecular complexity index is 477. The van der Waals surface area contributed by atoms with E-state index in [2.05, 4.69) is 15.3 Å². The normalized spacial score (nSPS) is 9.94. The molecular weight excluding hydrogens is 218 g/mol. The van der Waals surface area contributed by atoms with E-state index in [1.165, 1.54) is 0 Å². The van der Waals surface area contributed by atoms with Gasteiger partial charge in [0.1, 0.15) is 5.82 Å². The summed E-state index contributed by atoms with van der Waals surface area (Å²) in [5, 5.41) is 2.62. The standard InChI is InChI=1S/C12H13N3O2/c1-2-17-12(16)15-10-5-3-9(4-6-10)11-13-7-8-14-11/h3-8H,2H2,1H3,(H,13,14)(H,15,16). The van der Waals surface area contributed by atoms with Crippen LogP contribution in [0.1, 0.15) is 6.92 Å². The van der Waals surface area contributed by atoms with E-state index in [1.54, 1.807) is 31.5 Å². The third-order valence-electron chi connectivity index (χ3n) is 2.18. The largest absolute Gasteiger partial charge is 0.450 e. The quantitative estimate of drug-likeness (QED) is 0.853. The number of rotatable bonds is 3. The molecule has 0 aliphatic heterocycles. The zero-order valence-corrected chi connectivity index (χ0v) is 9.43. The molecule has 88 valence electrons. The fourth-order valence-corrected chi connectivity index (χ4v) is 1.42. The molecule has 0 bridgehead atoms. The summed E-state index contributed by atoms with van der Waals surface area (Å²) in [6, 6.07) is 7.35. The molecule has 0 fully saturated rings. The van der Waals surface area contributed by atoms with Crippen LogP contribution in [0.25, 0.3) is 11.4 Å². The molecule has 0 radical (unpaired) electrons. The van der Waals surface area contributed by atoms with Crippen LogP contribution in [-0.2, 0) is 4.74 Å². The number of nitrogens with zero attached hydrogens (tertiary/aromatic N) is 1. The van der Waals surface area contributed by atoms with Crippen molar-refractivity contribution >= 4 is 11.8 Å². The summed E-state index contributed by atoms with van der Waals surface area (Å²) in [5.74, 6) is 0.799. The number of anilines is 1. The van der Waals surface area contributed by atoms with Gasteiger partial charge in [0.15, 0.2) is 0 Å². The van der Waals surface area contributed by atoms with Crippen molar-refractivity contribution in [1.82, 2.24) is 9.97 Å². The molecule has 0 saturated heterocycles. The van der Waals surface area contributed by atoms with Crippen LogP contribution in [0.15, 0.2) is 36.7 Å². The van der Waals surface area contributed by atoms with E-state index in [9.17, 15) is 4.79 Å². The number of carbonyl (C=O) groups excluding carboxylic acids is 1. The Morgan fingerprint density at radius 3 is 2.76 bits per heavy atom. The van der Waals surface area contributed by atoms with Crippen molar-refractivity contribution in [2.24, 2.45) is 0 Å². The zero-order valence-electron chi connectivity index (χ0n) is 9.43. The highest BCUT2D eigenvalue weighted by atomic mass is 16.5. The van der Waals surface area contributed by atoms with Gasteiger partial charge in [-0.3, -0.25) is 5.32 Å². The molecule has 2 N–H and O–H groups in total. The molecule has 5 heteroatoms. The summed E-state index contributed by atoms with van der Waals surface area (Å²) in [6.45, 7) is 2.12. The number of hydrogen-bond acceptors (Lipinski definition) is 3. The van der Waals surface area contributed by atoms with Gasteiger partial charge in [-0.1, -0.05) is 0 Å². The second-order valence-corrected chi connectivity index (χ2v) is 3.36. The van der Waals surface area contributed by atoms with Gasteiger partial charge in [-0.2, -0.15) is 0 Å². The smallest absolute Gasteiger partial charge is 0.411 e.